The van der Waals surface area contributed by atoms with Crippen LogP contribution in [0.25, 0.3) is 22.3 Å². The number of hydrogen-bond donors (Lipinski definition) is 9. The molecular weight excluding hydrogens is 1970 g/mol. The Morgan fingerprint density at radius 2 is 0.917 bits per heavy atom. The molecule has 0 saturated heterocycles. The topological polar surface area (TPSA) is 419 Å². The molecule has 0 atom stereocenters. The SMILES string of the molecule is NCCCOCCOCCOCCOCCOCCCNCCCn1c(Sc2cc3c(cc2I)OCO3)nc2c(N)ncnc21.Nc1ncnc2c1nc(Sc1cc3c(cc1I)OCO3)n2CCCNCCCOCCOCCOCCOCCOCCCNC(=S)Nc1ccc2c(c1)C(=O)OC21c2ccc(O)cc2Oc2cc(O)ccc21.[3H]I(C)F. The zero-order valence-electron chi connectivity index (χ0n) is 68.0. The number of hydrogen-bond acceptors (Lipinski definition) is 33. The minimum absolute atomic E-state index is 0.00968. The molecule has 9 aromatic rings. The molecule has 0 fully saturated rings. The van der Waals surface area contributed by atoms with Crippen LogP contribution in [0.15, 0.2) is 112 Å². The predicted octanol–water partition coefficient (Wildman–Crippen LogP) is 10.6. The van der Waals surface area contributed by atoms with Gasteiger partial charge in [0, 0.05) is 97.5 Å². The number of thiocarbonyl (C=S) groups is 1. The summed E-state index contributed by atoms with van der Waals surface area (Å²) < 4.78 is 113. The van der Waals surface area contributed by atoms with E-state index < -0.39 is 33.2 Å². The van der Waals surface area contributed by atoms with Crippen LogP contribution in [0.4, 0.5) is 20.2 Å². The molecule has 0 amide bonds. The number of esters is 1. The summed E-state index contributed by atoms with van der Waals surface area (Å²) in [5, 5.41) is 35.6. The quantitative estimate of drug-likeness (QED) is 0.00562. The van der Waals surface area contributed by atoms with Crippen molar-refractivity contribution >= 4 is 153 Å². The van der Waals surface area contributed by atoms with Crippen molar-refractivity contribution in [2.75, 3.05) is 207 Å². The van der Waals surface area contributed by atoms with E-state index >= 15 is 0 Å². The zero-order chi connectivity index (χ0) is 85.7. The van der Waals surface area contributed by atoms with Gasteiger partial charge in [-0.05, 0) is 189 Å². The van der Waals surface area contributed by atoms with Crippen LogP contribution in [0, 0.1) is 7.14 Å². The number of aryl methyl sites for hydroxylation is 2. The van der Waals surface area contributed by atoms with Crippen LogP contribution in [0.3, 0.4) is 0 Å². The molecule has 13 rings (SSSR count). The molecule has 4 aliphatic heterocycles. The summed E-state index contributed by atoms with van der Waals surface area (Å²) in [4.78, 5) is 43.6. The number of imidazole rings is 2. The van der Waals surface area contributed by atoms with Crippen molar-refractivity contribution in [3.63, 3.8) is 0 Å². The molecule has 658 valence electrons. The Morgan fingerprint density at radius 3 is 1.34 bits per heavy atom. The number of nitrogen functional groups attached to an aromatic ring is 2. The molecule has 0 saturated carbocycles. The Morgan fingerprint density at radius 1 is 0.537 bits per heavy atom. The Kier molecular flexibility index (Phi) is 39.5. The first-order valence-electron chi connectivity index (χ1n) is 39.9. The summed E-state index contributed by atoms with van der Waals surface area (Å²) in [5.74, 6) is 3.77. The number of anilines is 3. The number of halogens is 4. The second-order valence-corrected chi connectivity index (χ2v) is 32.3. The van der Waals surface area contributed by atoms with E-state index in [0.717, 1.165) is 121 Å². The number of alkyl halides is 1. The molecule has 0 bridgehead atoms. The fourth-order valence-electron chi connectivity index (χ4n) is 12.6. The monoisotopic (exact) mass is 2080 g/mol. The molecule has 0 aliphatic carbocycles. The predicted molar refractivity (Wildman–Crippen MR) is 484 cm³/mol. The minimum atomic E-state index is -2.51. The van der Waals surface area contributed by atoms with Gasteiger partial charge in [-0.15, -0.1) is 0 Å². The van der Waals surface area contributed by atoms with E-state index in [1.165, 1.54) is 41.9 Å². The van der Waals surface area contributed by atoms with Crippen LogP contribution < -0.4 is 62.2 Å². The number of rotatable bonds is 52. The maximum atomic E-state index is 13.4. The third-order valence-electron chi connectivity index (χ3n) is 18.3. The number of nitrogens with zero attached hydrogens (tertiary/aromatic N) is 8. The number of carbonyl (C=O) groups excluding carboxylic acids is 1. The average molecular weight is 2080 g/mol. The summed E-state index contributed by atoms with van der Waals surface area (Å²) in [6.45, 7) is 17.2. The molecule has 5 aromatic carbocycles. The molecular formula is C80H103FI3N15O19S3. The normalized spacial score (nSPS) is 13.3. The third kappa shape index (κ3) is 28.2. The number of benzene rings is 5. The van der Waals surface area contributed by atoms with E-state index in [9.17, 15) is 17.9 Å². The second-order valence-electron chi connectivity index (χ2n) is 26.8. The maximum absolute atomic E-state index is 13.4. The number of aromatic nitrogens is 8. The zero-order valence-corrected chi connectivity index (χ0v) is 75.9. The van der Waals surface area contributed by atoms with Gasteiger partial charge in [-0.2, -0.15) is 0 Å². The van der Waals surface area contributed by atoms with E-state index in [1.807, 2.05) is 36.4 Å². The summed E-state index contributed by atoms with van der Waals surface area (Å²) in [5.41, 5.74) is 21.7. The van der Waals surface area contributed by atoms with Gasteiger partial charge in [0.25, 0.3) is 0 Å². The standard InChI is InChI=1S/C50H55IN8O12S2.C29H44IN7O7S.CH4FI/c51-38-27-41-42(69-30-68-41)28-43(38)73-49-58-44-45(52)55-29-56-46(44)59(49)13-1-10-53-11-2-14-63-16-18-65-20-22-67-23-21-66-19-17-64-15-3-12-54-48(72)57-31-4-7-35-34(24-31)47(62)71-50(35)36-8-5-32(60)25-39(36)70-40-26-33(61)6-9-37(40)50;30-22-18-23-24(44-21-43-23)19-25(22)45-29-36-26-27(32)34-20-35-28(26)37(29)7-2-5-33-6-3-9-39-11-13-41-15-17-42-16-14-40-12-10-38-8-1-4-31;1-3-2/h4-9,24-29,53,60-61H,1-3,10-23,30H2,(H2,52,55,56)(H2,54,57,72);18-20,33H,1-17,21,31H2,(H2,32,34,35);3H,1H3/i;;3T. The van der Waals surface area contributed by atoms with Crippen LogP contribution in [0.1, 0.15) is 65.6 Å². The van der Waals surface area contributed by atoms with E-state index in [2.05, 4.69) is 95.5 Å². The summed E-state index contributed by atoms with van der Waals surface area (Å²) >= 11 is 10.7. The van der Waals surface area contributed by atoms with Crippen LogP contribution in [0.5, 0.6) is 46.0 Å². The van der Waals surface area contributed by atoms with E-state index in [4.69, 9.17) is 116 Å². The number of nitrogens with two attached hydrogens (primary N) is 3. The van der Waals surface area contributed by atoms with Gasteiger partial charge in [0.15, 0.2) is 78.0 Å². The van der Waals surface area contributed by atoms with Gasteiger partial charge in [0.1, 0.15) is 35.7 Å². The fraction of sp³-hybridized carbons (Fsp3) is 0.475. The molecule has 34 nitrogen and oxygen atoms in total. The Bertz CT molecular complexity index is 4760. The van der Waals surface area contributed by atoms with E-state index in [0.29, 0.717) is 231 Å². The van der Waals surface area contributed by atoms with Gasteiger partial charge in [-0.25, -0.2) is 34.7 Å². The molecule has 121 heavy (non-hydrogen) atoms. The Balaban J connectivity index is 0.000000253. The number of phenolic OH excluding ortho intramolecular Hbond substituents is 2. The van der Waals surface area contributed by atoms with Gasteiger partial charge in [0.05, 0.1) is 111 Å². The van der Waals surface area contributed by atoms with Gasteiger partial charge in [-0.1, -0.05) is 29.6 Å². The Hall–Kier alpha value is -7.14. The van der Waals surface area contributed by atoms with Gasteiger partial charge in [-0.3, -0.25) is 0 Å². The van der Waals surface area contributed by atoms with Gasteiger partial charge < -0.3 is 134 Å². The number of carbonyl (C=O) groups is 1. The molecule has 1 spiro atoms. The van der Waals surface area contributed by atoms with Crippen LogP contribution >= 0.6 is 103 Å². The first-order valence-corrected chi connectivity index (χ1v) is 46.7. The van der Waals surface area contributed by atoms with E-state index in [1.54, 1.807) is 41.7 Å². The van der Waals surface area contributed by atoms with Crippen LogP contribution in [0.2, 0.25) is 0 Å². The molecule has 4 aromatic heterocycles. The molecule has 41 heteroatoms. The number of phenols is 2. The van der Waals surface area contributed by atoms with E-state index in [-0.39, 0.29) is 25.1 Å². The third-order valence-corrected chi connectivity index (χ3v) is 23.2. The van der Waals surface area contributed by atoms with Crippen molar-refractivity contribution in [3.05, 3.63) is 121 Å². The number of nitrogens with one attached hydrogen (secondary N) is 4. The van der Waals surface area contributed by atoms with Crippen LogP contribution in [-0.4, -0.2) is 251 Å². The van der Waals surface area contributed by atoms with Crippen molar-refractivity contribution in [1.29, 1.82) is 0.594 Å². The summed E-state index contributed by atoms with van der Waals surface area (Å²) in [6, 6.07) is 22.5. The molecule has 0 radical (unpaired) electrons. The Labute approximate surface area is 753 Å². The van der Waals surface area contributed by atoms with Crippen LogP contribution in [-0.2, 0) is 70.8 Å². The van der Waals surface area contributed by atoms with Crippen molar-refractivity contribution < 1.29 is 93.7 Å². The average Bonchev–Trinajstić information content (AvgIpc) is 1.46. The van der Waals surface area contributed by atoms with Crippen molar-refractivity contribution in [1.82, 2.24) is 55.0 Å². The second kappa shape index (κ2) is 51.3. The molecule has 8 heterocycles. The number of aromatic hydroxyl groups is 2. The molecule has 12 N–H and O–H groups in total. The summed E-state index contributed by atoms with van der Waals surface area (Å²) in [7, 11) is 0. The fourth-order valence-corrected chi connectivity index (χ4v) is 16.3. The first-order chi connectivity index (χ1) is 59.6. The number of ether oxygens (including phenoxy) is 16. The van der Waals surface area contributed by atoms with Crippen molar-refractivity contribution in [3.8, 4) is 46.0 Å². The van der Waals surface area contributed by atoms with Gasteiger partial charge >= 0.3 is 35.9 Å². The summed E-state index contributed by atoms with van der Waals surface area (Å²) in [6.07, 6.45) is 8.11. The van der Waals surface area contributed by atoms with Gasteiger partial charge in [0.2, 0.25) is 13.6 Å². The van der Waals surface area contributed by atoms with Crippen molar-refractivity contribution in [2.45, 2.75) is 77.3 Å². The number of fused-ring (bicyclic) bond motifs is 10. The first kappa shape index (κ1) is 93.0. The molecule has 0 unspecified atom stereocenters. The van der Waals surface area contributed by atoms with Crippen molar-refractivity contribution in [2.24, 2.45) is 5.73 Å². The molecule has 4 aliphatic rings.